The Hall–Kier alpha value is -2.38. The van der Waals surface area contributed by atoms with E-state index in [9.17, 15) is 8.42 Å². The monoisotopic (exact) mass is 615 g/mol. The highest BCUT2D eigenvalue weighted by Gasteiger charge is 2.66. The van der Waals surface area contributed by atoms with Gasteiger partial charge in [-0.25, -0.2) is 0 Å². The average Bonchev–Trinajstić information content (AvgIpc) is 3.35. The molecule has 9 nitrogen and oxygen atoms in total. The Morgan fingerprint density at radius 3 is 2.33 bits per heavy atom. The standard InChI is InChI=1S/C31H41NO8SSi/c1-20-14-16-22(17-15-20)41(33,34)32-27-23(18-21-12-10-11-13-24(21)37-27)31(35-7)25(19-36-42(8,9)29(2,3)4)38-28-26(31)39-30(5,6)40-28/h10-18,25-26,28H,19H2,1-9H3/b32-27+/t25-,26+,28-,31-/m1/s1. The van der Waals surface area contributed by atoms with E-state index in [0.29, 0.717) is 11.1 Å². The van der Waals surface area contributed by atoms with Gasteiger partial charge < -0.3 is 27.8 Å². The van der Waals surface area contributed by atoms with Gasteiger partial charge in [-0.2, -0.15) is 8.42 Å². The fraction of sp³-hybridized carbons (Fsp3) is 0.516. The van der Waals surface area contributed by atoms with Crippen LogP contribution in [0.25, 0.3) is 11.0 Å². The fourth-order valence-corrected chi connectivity index (χ4v) is 7.14. The lowest BCUT2D eigenvalue weighted by Gasteiger charge is -2.40. The predicted octanol–water partition coefficient (Wildman–Crippen LogP) is 5.77. The van der Waals surface area contributed by atoms with Gasteiger partial charge in [0.05, 0.1) is 17.1 Å². The van der Waals surface area contributed by atoms with Gasteiger partial charge in [-0.1, -0.05) is 56.7 Å². The minimum Gasteiger partial charge on any atom is -0.437 e. The van der Waals surface area contributed by atoms with Crippen molar-refractivity contribution in [3.8, 4) is 0 Å². The topological polar surface area (TPSA) is 106 Å². The van der Waals surface area contributed by atoms with Gasteiger partial charge in [0.1, 0.15) is 17.8 Å². The second-order valence-corrected chi connectivity index (χ2v) is 19.4. The summed E-state index contributed by atoms with van der Waals surface area (Å²) in [6.07, 6.45) is -2.28. The molecule has 2 aliphatic rings. The molecular weight excluding hydrogens is 574 g/mol. The second-order valence-electron chi connectivity index (χ2n) is 13.0. The van der Waals surface area contributed by atoms with Crippen LogP contribution in [0.5, 0.6) is 0 Å². The van der Waals surface area contributed by atoms with Crippen molar-refractivity contribution in [1.82, 2.24) is 0 Å². The smallest absolute Gasteiger partial charge is 0.285 e. The van der Waals surface area contributed by atoms with Gasteiger partial charge in [-0.3, -0.25) is 0 Å². The van der Waals surface area contributed by atoms with Gasteiger partial charge in [0.25, 0.3) is 10.0 Å². The van der Waals surface area contributed by atoms with Gasteiger partial charge in [0.2, 0.25) is 5.55 Å². The molecule has 2 saturated heterocycles. The minimum atomic E-state index is -4.16. The number of rotatable bonds is 7. The van der Waals surface area contributed by atoms with Crippen molar-refractivity contribution in [2.24, 2.45) is 4.40 Å². The summed E-state index contributed by atoms with van der Waals surface area (Å²) in [7, 11) is -4.83. The van der Waals surface area contributed by atoms with Crippen molar-refractivity contribution in [3.63, 3.8) is 0 Å². The van der Waals surface area contributed by atoms with Crippen LogP contribution in [0.1, 0.15) is 45.7 Å². The number of ether oxygens (including phenoxy) is 4. The molecule has 11 heteroatoms. The van der Waals surface area contributed by atoms with E-state index in [1.54, 1.807) is 39.2 Å². The van der Waals surface area contributed by atoms with E-state index in [0.717, 1.165) is 10.9 Å². The van der Waals surface area contributed by atoms with E-state index in [1.807, 2.05) is 31.2 Å². The lowest BCUT2D eigenvalue weighted by molar-refractivity contribution is -0.239. The number of nitrogens with zero attached hydrogens (tertiary/aromatic N) is 1. The summed E-state index contributed by atoms with van der Waals surface area (Å²) < 4.78 is 69.8. The van der Waals surface area contributed by atoms with Crippen molar-refractivity contribution in [2.45, 2.75) is 94.5 Å². The summed E-state index contributed by atoms with van der Waals surface area (Å²) in [5.41, 5.74) is 0.278. The maximum absolute atomic E-state index is 13.6. The van der Waals surface area contributed by atoms with Crippen LogP contribution in [-0.4, -0.2) is 54.7 Å². The maximum Gasteiger partial charge on any atom is 0.285 e. The number of fused-ring (bicyclic) bond motifs is 2. The molecule has 2 aliphatic heterocycles. The van der Waals surface area contributed by atoms with Crippen molar-refractivity contribution in [3.05, 3.63) is 71.3 Å². The molecule has 2 aromatic carbocycles. The highest BCUT2D eigenvalue weighted by atomic mass is 32.2. The SMILES string of the molecule is CO[C@]1(c2cc3ccccc3o/c2=N/S(=O)(=O)c2ccc(C)cc2)[C@@H](CO[Si](C)(C)C(C)(C)C)O[C@@H]2OC(C)(C)O[C@@H]21. The molecule has 1 aromatic heterocycles. The van der Waals surface area contributed by atoms with Crippen LogP contribution in [0.2, 0.25) is 18.1 Å². The van der Waals surface area contributed by atoms with Crippen molar-refractivity contribution in [1.29, 1.82) is 0 Å². The second kappa shape index (κ2) is 10.7. The number of hydrogen-bond acceptors (Lipinski definition) is 8. The Balaban J connectivity index is 1.74. The zero-order chi connectivity index (χ0) is 30.7. The third-order valence-corrected chi connectivity index (χ3v) is 14.4. The Labute approximate surface area is 249 Å². The molecule has 4 atom stereocenters. The number of hydrogen-bond donors (Lipinski definition) is 0. The molecule has 228 valence electrons. The molecule has 0 amide bonds. The molecular formula is C31H41NO8SSi. The predicted molar refractivity (Wildman–Crippen MR) is 161 cm³/mol. The van der Waals surface area contributed by atoms with Crippen LogP contribution >= 0.6 is 0 Å². The first-order valence-electron chi connectivity index (χ1n) is 14.1. The molecule has 0 bridgehead atoms. The van der Waals surface area contributed by atoms with Crippen LogP contribution in [0.15, 0.2) is 68.3 Å². The molecule has 0 aliphatic carbocycles. The summed E-state index contributed by atoms with van der Waals surface area (Å²) in [6, 6.07) is 15.7. The molecule has 0 radical (unpaired) electrons. The van der Waals surface area contributed by atoms with Crippen LogP contribution < -0.4 is 5.55 Å². The quantitative estimate of drug-likeness (QED) is 0.309. The average molecular weight is 616 g/mol. The molecule has 0 spiro atoms. The Kier molecular flexibility index (Phi) is 7.88. The van der Waals surface area contributed by atoms with E-state index in [-0.39, 0.29) is 22.1 Å². The zero-order valence-electron chi connectivity index (χ0n) is 25.8. The van der Waals surface area contributed by atoms with Gasteiger partial charge >= 0.3 is 0 Å². The molecule has 0 saturated carbocycles. The van der Waals surface area contributed by atoms with Crippen molar-refractivity contribution in [2.75, 3.05) is 13.7 Å². The summed E-state index contributed by atoms with van der Waals surface area (Å²) in [5, 5.41) is 0.689. The molecule has 0 N–H and O–H groups in total. The summed E-state index contributed by atoms with van der Waals surface area (Å²) in [6.45, 7) is 16.5. The molecule has 3 aromatic rings. The Morgan fingerprint density at radius 2 is 1.69 bits per heavy atom. The Bertz CT molecular complexity index is 1640. The lowest BCUT2D eigenvalue weighted by atomic mass is 9.85. The molecule has 2 fully saturated rings. The number of benzene rings is 2. The third-order valence-electron chi connectivity index (χ3n) is 8.60. The summed E-state index contributed by atoms with van der Waals surface area (Å²) >= 11 is 0. The molecule has 0 unspecified atom stereocenters. The molecule has 3 heterocycles. The summed E-state index contributed by atoms with van der Waals surface area (Å²) in [5.74, 6) is -0.969. The molecule has 5 rings (SSSR count). The van der Waals surface area contributed by atoms with E-state index < -0.39 is 48.2 Å². The van der Waals surface area contributed by atoms with Gasteiger partial charge in [-0.15, -0.1) is 4.40 Å². The highest BCUT2D eigenvalue weighted by Crippen LogP contribution is 2.50. The van der Waals surface area contributed by atoms with Gasteiger partial charge in [-0.05, 0) is 63.2 Å². The van der Waals surface area contributed by atoms with E-state index in [4.69, 9.17) is 27.8 Å². The Morgan fingerprint density at radius 1 is 1.02 bits per heavy atom. The maximum atomic E-state index is 13.6. The summed E-state index contributed by atoms with van der Waals surface area (Å²) in [4.78, 5) is 0.0498. The van der Waals surface area contributed by atoms with E-state index in [2.05, 4.69) is 38.3 Å². The number of methoxy groups -OCH3 is 1. The van der Waals surface area contributed by atoms with Crippen LogP contribution in [0.4, 0.5) is 0 Å². The fourth-order valence-electron chi connectivity index (χ4n) is 5.20. The zero-order valence-corrected chi connectivity index (χ0v) is 27.6. The largest absolute Gasteiger partial charge is 0.437 e. The normalized spacial score (nSPS) is 26.6. The first kappa shape index (κ1) is 31.1. The highest BCUT2D eigenvalue weighted by molar-refractivity contribution is 7.90. The first-order valence-corrected chi connectivity index (χ1v) is 18.5. The van der Waals surface area contributed by atoms with Crippen molar-refractivity contribution >= 4 is 29.3 Å². The number of sulfonamides is 1. The van der Waals surface area contributed by atoms with Gasteiger partial charge in [0.15, 0.2) is 26.0 Å². The van der Waals surface area contributed by atoms with Gasteiger partial charge in [0, 0.05) is 12.5 Å². The van der Waals surface area contributed by atoms with Crippen LogP contribution in [0, 0.1) is 6.92 Å². The van der Waals surface area contributed by atoms with Crippen LogP contribution in [0.3, 0.4) is 0 Å². The minimum absolute atomic E-state index is 0.0485. The van der Waals surface area contributed by atoms with Crippen molar-refractivity contribution < 1.29 is 36.2 Å². The van der Waals surface area contributed by atoms with E-state index in [1.165, 1.54) is 12.1 Å². The number of aryl methyl sites for hydroxylation is 1. The molecule has 42 heavy (non-hydrogen) atoms. The number of para-hydroxylation sites is 1. The first-order chi connectivity index (χ1) is 19.5. The third kappa shape index (κ3) is 5.52. The van der Waals surface area contributed by atoms with Crippen LogP contribution in [-0.2, 0) is 39.0 Å². The van der Waals surface area contributed by atoms with E-state index >= 15 is 0 Å². The lowest BCUT2D eigenvalue weighted by Crippen LogP contribution is -2.53.